The molecule has 32 heavy (non-hydrogen) atoms. The normalized spacial score (nSPS) is 10.7. The van der Waals surface area contributed by atoms with Gasteiger partial charge in [-0.1, -0.05) is 29.8 Å². The number of hydrogen-bond donors (Lipinski definition) is 0. The molecule has 0 saturated carbocycles. The Kier molecular flexibility index (Phi) is 6.48. The van der Waals surface area contributed by atoms with Crippen LogP contribution in [-0.4, -0.2) is 20.2 Å². The van der Waals surface area contributed by atoms with Gasteiger partial charge in [0.2, 0.25) is 11.0 Å². The topological polar surface area (TPSA) is 108 Å². The zero-order valence-electron chi connectivity index (χ0n) is 16.3. The van der Waals surface area contributed by atoms with Gasteiger partial charge in [-0.05, 0) is 42.5 Å². The number of halogens is 1. The molecule has 0 aliphatic carbocycles. The zero-order chi connectivity index (χ0) is 22.5. The molecule has 0 N–H and O–H groups in total. The number of carbonyl (C=O) groups is 1. The summed E-state index contributed by atoms with van der Waals surface area (Å²) in [5.41, 5.74) is 1.75. The minimum Gasteiger partial charge on any atom is -0.489 e. The fourth-order valence-corrected chi connectivity index (χ4v) is 3.50. The van der Waals surface area contributed by atoms with Gasteiger partial charge in [0.25, 0.3) is 10.9 Å². The number of carbonyl (C=O) groups excluding carboxylic acids is 1. The first kappa shape index (κ1) is 21.5. The fraction of sp³-hybridized carbons (Fsp3) is 0.0455. The van der Waals surface area contributed by atoms with Crippen molar-refractivity contribution in [1.82, 2.24) is 10.2 Å². The van der Waals surface area contributed by atoms with Gasteiger partial charge in [-0.2, -0.15) is 0 Å². The predicted molar refractivity (Wildman–Crippen MR) is 119 cm³/mol. The van der Waals surface area contributed by atoms with Crippen LogP contribution in [0, 0.1) is 10.1 Å². The first-order valence-corrected chi connectivity index (χ1v) is 10.5. The van der Waals surface area contributed by atoms with Gasteiger partial charge in [0, 0.05) is 45.6 Å². The highest BCUT2D eigenvalue weighted by Gasteiger charge is 2.16. The molecule has 0 fully saturated rings. The number of non-ortho nitro benzene ring substituents is 1. The summed E-state index contributed by atoms with van der Waals surface area (Å²) in [4.78, 5) is 22.5. The largest absolute Gasteiger partial charge is 0.489 e. The third-order valence-corrected chi connectivity index (χ3v) is 5.48. The smallest absolute Gasteiger partial charge is 0.284 e. The molecule has 160 valence electrons. The van der Waals surface area contributed by atoms with Crippen LogP contribution in [0.5, 0.6) is 5.75 Å². The van der Waals surface area contributed by atoms with E-state index in [4.69, 9.17) is 20.8 Å². The maximum absolute atomic E-state index is 12.3. The molecule has 8 nitrogen and oxygen atoms in total. The number of benzene rings is 3. The number of nitrogens with zero attached hydrogens (tertiary/aromatic N) is 3. The van der Waals surface area contributed by atoms with Crippen LogP contribution in [0.1, 0.15) is 15.9 Å². The average Bonchev–Trinajstić information content (AvgIpc) is 3.27. The van der Waals surface area contributed by atoms with E-state index in [1.54, 1.807) is 30.3 Å². The molecule has 0 amide bonds. The van der Waals surface area contributed by atoms with Crippen molar-refractivity contribution in [3.8, 4) is 17.2 Å². The molecule has 0 unspecified atom stereocenters. The van der Waals surface area contributed by atoms with Crippen molar-refractivity contribution < 1.29 is 18.9 Å². The van der Waals surface area contributed by atoms with E-state index in [1.807, 2.05) is 18.2 Å². The maximum atomic E-state index is 12.3. The number of hydrogen-bond acceptors (Lipinski definition) is 8. The van der Waals surface area contributed by atoms with Gasteiger partial charge in [-0.15, -0.1) is 10.2 Å². The van der Waals surface area contributed by atoms with Gasteiger partial charge < -0.3 is 9.15 Å². The molecule has 0 radical (unpaired) electrons. The van der Waals surface area contributed by atoms with Gasteiger partial charge in [-0.25, -0.2) is 0 Å². The Morgan fingerprint density at radius 2 is 1.75 bits per heavy atom. The minimum atomic E-state index is -0.529. The molecule has 1 aromatic heterocycles. The Labute approximate surface area is 191 Å². The van der Waals surface area contributed by atoms with E-state index in [9.17, 15) is 14.9 Å². The van der Waals surface area contributed by atoms with Crippen LogP contribution in [0.25, 0.3) is 11.5 Å². The molecule has 0 spiro atoms. The highest BCUT2D eigenvalue weighted by Crippen LogP contribution is 2.28. The van der Waals surface area contributed by atoms with Crippen LogP contribution < -0.4 is 4.74 Å². The Hall–Kier alpha value is -3.69. The van der Waals surface area contributed by atoms with E-state index >= 15 is 0 Å². The molecular formula is C22H14ClN3O5S. The minimum absolute atomic E-state index is 0.0717. The molecule has 0 aliphatic heterocycles. The van der Waals surface area contributed by atoms with E-state index in [0.29, 0.717) is 28.5 Å². The number of thioether (sulfide) groups is 1. The monoisotopic (exact) mass is 467 g/mol. The first-order valence-electron chi connectivity index (χ1n) is 9.26. The number of nitro benzene ring substituents is 1. The number of nitro groups is 1. The summed E-state index contributed by atoms with van der Waals surface area (Å²) in [5, 5.41) is 18.9. The second kappa shape index (κ2) is 9.63. The molecule has 0 bridgehead atoms. The highest BCUT2D eigenvalue weighted by atomic mass is 35.5. The van der Waals surface area contributed by atoms with Crippen LogP contribution in [0.2, 0.25) is 5.02 Å². The summed E-state index contributed by atoms with van der Waals surface area (Å²) in [6.45, 7) is 0.338. The van der Waals surface area contributed by atoms with Crippen LogP contribution in [0.3, 0.4) is 0 Å². The standard InChI is InChI=1S/C22H14ClN3O5S/c23-19-4-2-1-3-16(19)13-30-18-11-7-14(8-12-18)20-24-25-22(31-20)32-21(27)15-5-9-17(10-6-15)26(28)29/h1-12H,13H2. The quantitative estimate of drug-likeness (QED) is 0.190. The van der Waals surface area contributed by atoms with Gasteiger partial charge in [-0.3, -0.25) is 14.9 Å². The van der Waals surface area contributed by atoms with Crippen molar-refractivity contribution >= 4 is 34.2 Å². The maximum Gasteiger partial charge on any atom is 0.284 e. The molecule has 0 atom stereocenters. The van der Waals surface area contributed by atoms with Crippen molar-refractivity contribution in [2.75, 3.05) is 0 Å². The van der Waals surface area contributed by atoms with E-state index in [2.05, 4.69) is 10.2 Å². The second-order valence-electron chi connectivity index (χ2n) is 6.47. The Balaban J connectivity index is 1.38. The van der Waals surface area contributed by atoms with Crippen molar-refractivity contribution in [1.29, 1.82) is 0 Å². The van der Waals surface area contributed by atoms with Gasteiger partial charge in [0.05, 0.1) is 4.92 Å². The predicted octanol–water partition coefficient (Wildman–Crippen LogP) is 5.81. The molecule has 10 heteroatoms. The van der Waals surface area contributed by atoms with E-state index in [-0.39, 0.29) is 21.9 Å². The van der Waals surface area contributed by atoms with Crippen molar-refractivity contribution in [3.05, 3.63) is 99.1 Å². The number of aromatic nitrogens is 2. The third-order valence-electron chi connectivity index (χ3n) is 4.35. The molecule has 4 rings (SSSR count). The van der Waals surface area contributed by atoms with E-state index in [1.165, 1.54) is 24.3 Å². The molecule has 1 heterocycles. The van der Waals surface area contributed by atoms with Gasteiger partial charge in [0.1, 0.15) is 12.4 Å². The lowest BCUT2D eigenvalue weighted by atomic mass is 10.2. The zero-order valence-corrected chi connectivity index (χ0v) is 17.9. The lowest BCUT2D eigenvalue weighted by molar-refractivity contribution is -0.384. The second-order valence-corrected chi connectivity index (χ2v) is 7.80. The molecule has 0 aliphatic rings. The Morgan fingerprint density at radius 3 is 2.44 bits per heavy atom. The van der Waals surface area contributed by atoms with E-state index < -0.39 is 4.92 Å². The SMILES string of the molecule is O=C(Sc1nnc(-c2ccc(OCc3ccccc3Cl)cc2)o1)c1ccc([N+](=O)[O-])cc1. The molecule has 3 aromatic carbocycles. The summed E-state index contributed by atoms with van der Waals surface area (Å²) >= 11 is 6.88. The third kappa shape index (κ3) is 5.13. The lowest BCUT2D eigenvalue weighted by Gasteiger charge is -2.07. The van der Waals surface area contributed by atoms with Gasteiger partial charge in [0.15, 0.2) is 0 Å². The summed E-state index contributed by atoms with van der Waals surface area (Å²) < 4.78 is 11.3. The van der Waals surface area contributed by atoms with Crippen LogP contribution in [0.15, 0.2) is 82.4 Å². The average molecular weight is 468 g/mol. The number of rotatable bonds is 7. The number of ether oxygens (including phenoxy) is 1. The van der Waals surface area contributed by atoms with Crippen molar-refractivity contribution in [2.24, 2.45) is 0 Å². The van der Waals surface area contributed by atoms with Crippen LogP contribution in [-0.2, 0) is 6.61 Å². The van der Waals surface area contributed by atoms with Crippen LogP contribution >= 0.6 is 23.4 Å². The molecule has 4 aromatic rings. The fourth-order valence-electron chi connectivity index (χ4n) is 2.70. The Morgan fingerprint density at radius 1 is 1.03 bits per heavy atom. The van der Waals surface area contributed by atoms with Gasteiger partial charge >= 0.3 is 0 Å². The van der Waals surface area contributed by atoms with Crippen LogP contribution in [0.4, 0.5) is 5.69 Å². The molecule has 0 saturated heterocycles. The summed E-state index contributed by atoms with van der Waals surface area (Å²) in [6.07, 6.45) is 0. The lowest BCUT2D eigenvalue weighted by Crippen LogP contribution is -1.95. The summed E-state index contributed by atoms with van der Waals surface area (Å²) in [7, 11) is 0. The van der Waals surface area contributed by atoms with Crippen molar-refractivity contribution in [3.63, 3.8) is 0 Å². The molecular weight excluding hydrogens is 454 g/mol. The summed E-state index contributed by atoms with van der Waals surface area (Å²) in [6, 6.07) is 19.8. The van der Waals surface area contributed by atoms with Crippen molar-refractivity contribution in [2.45, 2.75) is 11.8 Å². The van der Waals surface area contributed by atoms with E-state index in [0.717, 1.165) is 17.3 Å². The highest BCUT2D eigenvalue weighted by molar-refractivity contribution is 8.14. The Bertz CT molecular complexity index is 1260. The summed E-state index contributed by atoms with van der Waals surface area (Å²) in [5.74, 6) is 0.901. The first-order chi connectivity index (χ1) is 15.5.